The number of benzene rings is 1. The molecule has 1 saturated heterocycles. The van der Waals surface area contributed by atoms with Gasteiger partial charge in [-0.25, -0.2) is 4.39 Å². The van der Waals surface area contributed by atoms with Crippen LogP contribution in [0.3, 0.4) is 0 Å². The van der Waals surface area contributed by atoms with E-state index in [0.717, 1.165) is 5.69 Å². The van der Waals surface area contributed by atoms with Crippen molar-refractivity contribution in [3.8, 4) is 5.75 Å². The molecule has 0 aromatic heterocycles. The second kappa shape index (κ2) is 4.62. The lowest BCUT2D eigenvalue weighted by atomic mass is 9.78. The predicted molar refractivity (Wildman–Crippen MR) is 85.3 cm³/mol. The van der Waals surface area contributed by atoms with Gasteiger partial charge in [-0.3, -0.25) is 0 Å². The monoisotopic (exact) mass is 307 g/mol. The Morgan fingerprint density at radius 2 is 1.64 bits per heavy atom. The molecule has 3 rings (SSSR count). The van der Waals surface area contributed by atoms with E-state index in [4.69, 9.17) is 14.0 Å². The van der Waals surface area contributed by atoms with E-state index in [1.54, 1.807) is 6.07 Å². The summed E-state index contributed by atoms with van der Waals surface area (Å²) in [5.41, 5.74) is -0.179. The fraction of sp³-hybridized carbons (Fsp3) is 0.625. The molecule has 2 aliphatic rings. The lowest BCUT2D eigenvalue weighted by Gasteiger charge is -2.33. The normalized spacial score (nSPS) is 24.4. The Kier molecular flexibility index (Phi) is 3.28. The third kappa shape index (κ3) is 2.48. The van der Waals surface area contributed by atoms with Gasteiger partial charge in [-0.15, -0.1) is 0 Å². The van der Waals surface area contributed by atoms with Gasteiger partial charge in [0.15, 0.2) is 0 Å². The molecule has 0 aliphatic carbocycles. The quantitative estimate of drug-likeness (QED) is 0.810. The van der Waals surface area contributed by atoms with Crippen molar-refractivity contribution in [3.05, 3.63) is 17.9 Å². The summed E-state index contributed by atoms with van der Waals surface area (Å²) in [5, 5.41) is 3.28. The summed E-state index contributed by atoms with van der Waals surface area (Å²) in [6.45, 7) is 12.4. The first-order valence-electron chi connectivity index (χ1n) is 7.63. The molecule has 1 aromatic rings. The number of halogens is 1. The van der Waals surface area contributed by atoms with Crippen LogP contribution < -0.4 is 15.5 Å². The molecule has 0 radical (unpaired) electrons. The minimum atomic E-state index is -0.716. The summed E-state index contributed by atoms with van der Waals surface area (Å²) in [6, 6.07) is 3.13. The molecule has 0 amide bonds. The number of nitrogens with one attached hydrogen (secondary N) is 1. The minimum Gasteiger partial charge on any atom is -0.484 e. The Labute approximate surface area is 131 Å². The standard InChI is InChI=1S/C16H23BFNO3/c1-14(2)9-19-12-7-10(11(18)8-13(12)20-14)17-21-15(3,4)16(5,6)22-17/h7-8,19H,9H2,1-6H3. The molecule has 2 aliphatic heterocycles. The highest BCUT2D eigenvalue weighted by atomic mass is 19.1. The van der Waals surface area contributed by atoms with Gasteiger partial charge >= 0.3 is 7.12 Å². The molecule has 4 nitrogen and oxygen atoms in total. The lowest BCUT2D eigenvalue weighted by Crippen LogP contribution is -2.42. The number of rotatable bonds is 1. The van der Waals surface area contributed by atoms with Crippen LogP contribution >= 0.6 is 0 Å². The molecule has 1 N–H and O–H groups in total. The van der Waals surface area contributed by atoms with Gasteiger partial charge in [0.1, 0.15) is 17.2 Å². The first-order valence-corrected chi connectivity index (χ1v) is 7.63. The van der Waals surface area contributed by atoms with Crippen LogP contribution in [0.1, 0.15) is 41.5 Å². The molecule has 1 fully saturated rings. The first-order chi connectivity index (χ1) is 10.0. The van der Waals surface area contributed by atoms with Gasteiger partial charge < -0.3 is 19.4 Å². The Morgan fingerprint density at radius 1 is 1.05 bits per heavy atom. The fourth-order valence-electron chi connectivity index (χ4n) is 2.59. The van der Waals surface area contributed by atoms with Gasteiger partial charge in [-0.1, -0.05) is 0 Å². The van der Waals surface area contributed by atoms with Gasteiger partial charge in [-0.05, 0) is 47.6 Å². The third-order valence-electron chi connectivity index (χ3n) is 4.70. The molecule has 2 heterocycles. The third-order valence-corrected chi connectivity index (χ3v) is 4.70. The van der Waals surface area contributed by atoms with Crippen LogP contribution in [0.4, 0.5) is 10.1 Å². The summed E-state index contributed by atoms with van der Waals surface area (Å²) in [5.74, 6) is 0.144. The maximum absolute atomic E-state index is 14.5. The summed E-state index contributed by atoms with van der Waals surface area (Å²) in [6.07, 6.45) is 0. The maximum Gasteiger partial charge on any atom is 0.497 e. The van der Waals surface area contributed by atoms with Crippen molar-refractivity contribution in [2.75, 3.05) is 11.9 Å². The van der Waals surface area contributed by atoms with Crippen LogP contribution in [-0.2, 0) is 9.31 Å². The van der Waals surface area contributed by atoms with Crippen LogP contribution in [0, 0.1) is 5.82 Å². The highest BCUT2D eigenvalue weighted by molar-refractivity contribution is 6.62. The molecular formula is C16H23BFNO3. The van der Waals surface area contributed by atoms with Gasteiger partial charge in [0.2, 0.25) is 0 Å². The lowest BCUT2D eigenvalue weighted by molar-refractivity contribution is 0.00578. The van der Waals surface area contributed by atoms with Crippen LogP contribution in [-0.4, -0.2) is 30.5 Å². The highest BCUT2D eigenvalue weighted by Crippen LogP contribution is 2.38. The van der Waals surface area contributed by atoms with Gasteiger partial charge in [0.25, 0.3) is 0 Å². The largest absolute Gasteiger partial charge is 0.497 e. The molecule has 22 heavy (non-hydrogen) atoms. The summed E-state index contributed by atoms with van der Waals surface area (Å²) < 4.78 is 32.2. The molecule has 0 bridgehead atoms. The van der Waals surface area contributed by atoms with E-state index in [-0.39, 0.29) is 11.4 Å². The zero-order valence-corrected chi connectivity index (χ0v) is 14.0. The summed E-state index contributed by atoms with van der Waals surface area (Å²) in [7, 11) is -0.716. The average molecular weight is 307 g/mol. The van der Waals surface area contributed by atoms with Crippen LogP contribution in [0.2, 0.25) is 0 Å². The minimum absolute atomic E-state index is 0.356. The Hall–Kier alpha value is -1.27. The van der Waals surface area contributed by atoms with E-state index >= 15 is 0 Å². The summed E-state index contributed by atoms with van der Waals surface area (Å²) in [4.78, 5) is 0. The fourth-order valence-corrected chi connectivity index (χ4v) is 2.59. The second-order valence-electron chi connectivity index (χ2n) is 7.67. The number of anilines is 1. The zero-order chi connectivity index (χ0) is 16.3. The van der Waals surface area contributed by atoms with E-state index < -0.39 is 18.3 Å². The van der Waals surface area contributed by atoms with Gasteiger partial charge in [-0.2, -0.15) is 0 Å². The van der Waals surface area contributed by atoms with Crippen molar-refractivity contribution in [2.24, 2.45) is 0 Å². The first kappa shape index (κ1) is 15.6. The number of fused-ring (bicyclic) bond motifs is 1. The maximum atomic E-state index is 14.5. The number of hydrogen-bond donors (Lipinski definition) is 1. The molecule has 6 heteroatoms. The van der Waals surface area contributed by atoms with Crippen molar-refractivity contribution >= 4 is 18.3 Å². The summed E-state index contributed by atoms with van der Waals surface area (Å²) >= 11 is 0. The van der Waals surface area contributed by atoms with Crippen molar-refractivity contribution < 1.29 is 18.4 Å². The molecule has 0 atom stereocenters. The second-order valence-corrected chi connectivity index (χ2v) is 7.67. The molecule has 0 spiro atoms. The number of ether oxygens (including phenoxy) is 1. The van der Waals surface area contributed by atoms with E-state index in [9.17, 15) is 4.39 Å². The number of hydrogen-bond acceptors (Lipinski definition) is 4. The van der Waals surface area contributed by atoms with E-state index in [0.29, 0.717) is 17.8 Å². The van der Waals surface area contributed by atoms with Crippen molar-refractivity contribution in [2.45, 2.75) is 58.3 Å². The Bertz CT molecular complexity index is 600. The van der Waals surface area contributed by atoms with E-state index in [1.807, 2.05) is 41.5 Å². The van der Waals surface area contributed by atoms with Gasteiger partial charge in [0.05, 0.1) is 23.4 Å². The highest BCUT2D eigenvalue weighted by Gasteiger charge is 2.52. The zero-order valence-electron chi connectivity index (χ0n) is 14.0. The van der Waals surface area contributed by atoms with E-state index in [1.165, 1.54) is 6.07 Å². The van der Waals surface area contributed by atoms with Crippen LogP contribution in [0.5, 0.6) is 5.75 Å². The van der Waals surface area contributed by atoms with Crippen molar-refractivity contribution in [1.82, 2.24) is 0 Å². The Morgan fingerprint density at radius 3 is 2.23 bits per heavy atom. The van der Waals surface area contributed by atoms with Crippen LogP contribution in [0.25, 0.3) is 0 Å². The smallest absolute Gasteiger partial charge is 0.484 e. The molecular weight excluding hydrogens is 284 g/mol. The van der Waals surface area contributed by atoms with Crippen LogP contribution in [0.15, 0.2) is 12.1 Å². The molecule has 1 aromatic carbocycles. The van der Waals surface area contributed by atoms with Crippen molar-refractivity contribution in [3.63, 3.8) is 0 Å². The predicted octanol–water partition coefficient (Wildman–Crippen LogP) is 2.71. The van der Waals surface area contributed by atoms with E-state index in [2.05, 4.69) is 5.32 Å². The topological polar surface area (TPSA) is 39.7 Å². The average Bonchev–Trinajstić information content (AvgIpc) is 2.56. The molecule has 0 unspecified atom stereocenters. The Balaban J connectivity index is 1.94. The van der Waals surface area contributed by atoms with Crippen molar-refractivity contribution in [1.29, 1.82) is 0 Å². The van der Waals surface area contributed by atoms with Gasteiger partial charge in [0, 0.05) is 11.5 Å². The SMILES string of the molecule is CC1(C)CNc2cc(B3OC(C)(C)C(C)(C)O3)c(F)cc2O1. The molecule has 120 valence electrons. The molecule has 0 saturated carbocycles.